The molecule has 0 aromatic heterocycles. The Kier molecular flexibility index (Phi) is 4.04. The molecule has 19 heavy (non-hydrogen) atoms. The van der Waals surface area contributed by atoms with E-state index in [1.54, 1.807) is 12.0 Å². The first-order valence-corrected chi connectivity index (χ1v) is 6.29. The average Bonchev–Trinajstić information content (AvgIpc) is 2.53. The average molecular weight is 262 g/mol. The Morgan fingerprint density at radius 3 is 2.63 bits per heavy atom. The van der Waals surface area contributed by atoms with Crippen LogP contribution in [-0.4, -0.2) is 36.4 Å². The Hall–Kier alpha value is -2.04. The van der Waals surface area contributed by atoms with Crippen molar-refractivity contribution in [3.63, 3.8) is 0 Å². The molecular formula is C14H18N2O3. The number of carbonyl (C=O) groups excluding carboxylic acids is 2. The van der Waals surface area contributed by atoms with Crippen molar-refractivity contribution in [1.29, 1.82) is 0 Å². The molecule has 1 aliphatic heterocycles. The van der Waals surface area contributed by atoms with Gasteiger partial charge in [-0.15, -0.1) is 0 Å². The number of nitrogens with zero attached hydrogens (tertiary/aromatic N) is 1. The Labute approximate surface area is 112 Å². The molecule has 1 aromatic carbocycles. The summed E-state index contributed by atoms with van der Waals surface area (Å²) in [5.74, 6) is 0.670. The molecule has 2 amide bonds. The molecule has 102 valence electrons. The smallest absolute Gasteiger partial charge is 0.242 e. The van der Waals surface area contributed by atoms with Crippen LogP contribution in [-0.2, 0) is 16.1 Å². The van der Waals surface area contributed by atoms with Crippen molar-refractivity contribution in [2.75, 3.05) is 13.7 Å². The summed E-state index contributed by atoms with van der Waals surface area (Å²) in [4.78, 5) is 25.1. The highest BCUT2D eigenvalue weighted by atomic mass is 16.5. The zero-order valence-electron chi connectivity index (χ0n) is 11.2. The fourth-order valence-corrected chi connectivity index (χ4v) is 2.14. The summed E-state index contributed by atoms with van der Waals surface area (Å²) >= 11 is 0. The standard InChI is InChI=1S/C14H18N2O3/c1-10-7-13(17)15-8-14(18)16(10)9-11-3-5-12(19-2)6-4-11/h3-6,10H,7-9H2,1-2H3,(H,15,17). The fraction of sp³-hybridized carbons (Fsp3) is 0.429. The lowest BCUT2D eigenvalue weighted by Crippen LogP contribution is -2.39. The number of carbonyl (C=O) groups is 2. The first-order chi connectivity index (χ1) is 9.10. The highest BCUT2D eigenvalue weighted by molar-refractivity contribution is 5.87. The Morgan fingerprint density at radius 2 is 2.00 bits per heavy atom. The highest BCUT2D eigenvalue weighted by Crippen LogP contribution is 2.16. The van der Waals surface area contributed by atoms with E-state index in [9.17, 15) is 9.59 Å². The SMILES string of the molecule is COc1ccc(CN2C(=O)CNC(=O)CC2C)cc1. The van der Waals surface area contributed by atoms with Crippen molar-refractivity contribution in [3.05, 3.63) is 29.8 Å². The molecule has 0 radical (unpaired) electrons. The van der Waals surface area contributed by atoms with Gasteiger partial charge in [-0.3, -0.25) is 9.59 Å². The minimum absolute atomic E-state index is 0.0471. The van der Waals surface area contributed by atoms with Crippen LogP contribution in [0.5, 0.6) is 5.75 Å². The number of benzene rings is 1. The van der Waals surface area contributed by atoms with Crippen molar-refractivity contribution in [2.45, 2.75) is 25.9 Å². The molecule has 1 aromatic rings. The maximum Gasteiger partial charge on any atom is 0.242 e. The molecule has 0 bridgehead atoms. The molecule has 0 aliphatic carbocycles. The van der Waals surface area contributed by atoms with Crippen LogP contribution in [0, 0.1) is 0 Å². The summed E-state index contributed by atoms with van der Waals surface area (Å²) in [7, 11) is 1.62. The third-order valence-corrected chi connectivity index (χ3v) is 3.28. The molecule has 0 spiro atoms. The van der Waals surface area contributed by atoms with Gasteiger partial charge in [0.1, 0.15) is 5.75 Å². The number of amides is 2. The third-order valence-electron chi connectivity index (χ3n) is 3.28. The van der Waals surface area contributed by atoms with E-state index >= 15 is 0 Å². The van der Waals surface area contributed by atoms with Crippen LogP contribution in [0.3, 0.4) is 0 Å². The quantitative estimate of drug-likeness (QED) is 0.881. The van der Waals surface area contributed by atoms with Gasteiger partial charge in [-0.25, -0.2) is 0 Å². The molecule has 1 saturated heterocycles. The van der Waals surface area contributed by atoms with Crippen molar-refractivity contribution in [1.82, 2.24) is 10.2 Å². The van der Waals surface area contributed by atoms with Gasteiger partial charge in [-0.2, -0.15) is 0 Å². The van der Waals surface area contributed by atoms with Crippen LogP contribution in [0.1, 0.15) is 18.9 Å². The van der Waals surface area contributed by atoms with Crippen molar-refractivity contribution in [2.24, 2.45) is 0 Å². The van der Waals surface area contributed by atoms with E-state index in [2.05, 4.69) is 5.32 Å². The van der Waals surface area contributed by atoms with E-state index in [-0.39, 0.29) is 24.4 Å². The second kappa shape index (κ2) is 5.73. The lowest BCUT2D eigenvalue weighted by Gasteiger charge is -2.26. The van der Waals surface area contributed by atoms with Crippen LogP contribution < -0.4 is 10.1 Å². The van der Waals surface area contributed by atoms with E-state index in [1.165, 1.54) is 0 Å². The molecule has 1 atom stereocenters. The van der Waals surface area contributed by atoms with Crippen molar-refractivity contribution in [3.8, 4) is 5.75 Å². The summed E-state index contributed by atoms with van der Waals surface area (Å²) in [6.45, 7) is 2.49. The van der Waals surface area contributed by atoms with E-state index in [4.69, 9.17) is 4.74 Å². The first-order valence-electron chi connectivity index (χ1n) is 6.29. The Balaban J connectivity index is 2.10. The molecule has 1 N–H and O–H groups in total. The highest BCUT2D eigenvalue weighted by Gasteiger charge is 2.26. The van der Waals surface area contributed by atoms with Gasteiger partial charge >= 0.3 is 0 Å². The summed E-state index contributed by atoms with van der Waals surface area (Å²) in [6.07, 6.45) is 0.349. The Morgan fingerprint density at radius 1 is 1.32 bits per heavy atom. The van der Waals surface area contributed by atoms with Gasteiger partial charge in [-0.05, 0) is 24.6 Å². The summed E-state index contributed by atoms with van der Waals surface area (Å²) < 4.78 is 5.10. The number of nitrogens with one attached hydrogen (secondary N) is 1. The summed E-state index contributed by atoms with van der Waals surface area (Å²) in [5, 5.41) is 2.61. The summed E-state index contributed by atoms with van der Waals surface area (Å²) in [5.41, 5.74) is 1.02. The zero-order valence-corrected chi connectivity index (χ0v) is 11.2. The third kappa shape index (κ3) is 3.24. The van der Waals surface area contributed by atoms with Crippen LogP contribution >= 0.6 is 0 Å². The molecule has 1 fully saturated rings. The van der Waals surface area contributed by atoms with Crippen LogP contribution in [0.2, 0.25) is 0 Å². The number of ether oxygens (including phenoxy) is 1. The van der Waals surface area contributed by atoms with Gasteiger partial charge in [0.2, 0.25) is 11.8 Å². The van der Waals surface area contributed by atoms with Gasteiger partial charge in [0.15, 0.2) is 0 Å². The zero-order chi connectivity index (χ0) is 13.8. The molecule has 5 nitrogen and oxygen atoms in total. The van der Waals surface area contributed by atoms with Gasteiger partial charge in [-0.1, -0.05) is 12.1 Å². The molecule has 1 aliphatic rings. The van der Waals surface area contributed by atoms with Crippen LogP contribution in [0.25, 0.3) is 0 Å². The number of hydrogen-bond acceptors (Lipinski definition) is 3. The number of methoxy groups -OCH3 is 1. The largest absolute Gasteiger partial charge is 0.497 e. The van der Waals surface area contributed by atoms with E-state index in [1.807, 2.05) is 31.2 Å². The van der Waals surface area contributed by atoms with Gasteiger partial charge in [0.05, 0.1) is 13.7 Å². The van der Waals surface area contributed by atoms with Gasteiger partial charge in [0.25, 0.3) is 0 Å². The van der Waals surface area contributed by atoms with Crippen molar-refractivity contribution >= 4 is 11.8 Å². The Bertz CT molecular complexity index is 470. The topological polar surface area (TPSA) is 58.6 Å². The minimum atomic E-state index is -0.0860. The predicted octanol–water partition coefficient (Wildman–Crippen LogP) is 0.932. The lowest BCUT2D eigenvalue weighted by molar-refractivity contribution is -0.132. The normalized spacial score (nSPS) is 19.9. The predicted molar refractivity (Wildman–Crippen MR) is 70.6 cm³/mol. The minimum Gasteiger partial charge on any atom is -0.497 e. The summed E-state index contributed by atoms with van der Waals surface area (Å²) in [6, 6.07) is 7.51. The van der Waals surface area contributed by atoms with E-state index in [0.717, 1.165) is 11.3 Å². The second-order valence-electron chi connectivity index (χ2n) is 4.70. The van der Waals surface area contributed by atoms with Crippen molar-refractivity contribution < 1.29 is 14.3 Å². The molecule has 0 saturated carbocycles. The lowest BCUT2D eigenvalue weighted by atomic mass is 10.1. The maximum absolute atomic E-state index is 12.0. The monoisotopic (exact) mass is 262 g/mol. The maximum atomic E-state index is 12.0. The fourth-order valence-electron chi connectivity index (χ4n) is 2.14. The molecular weight excluding hydrogens is 244 g/mol. The van der Waals surface area contributed by atoms with E-state index < -0.39 is 0 Å². The van der Waals surface area contributed by atoms with Crippen LogP contribution in [0.4, 0.5) is 0 Å². The molecule has 5 heteroatoms. The molecule has 1 heterocycles. The molecule has 2 rings (SSSR count). The first kappa shape index (κ1) is 13.4. The number of rotatable bonds is 3. The second-order valence-corrected chi connectivity index (χ2v) is 4.70. The van der Waals surface area contributed by atoms with E-state index in [0.29, 0.717) is 13.0 Å². The van der Waals surface area contributed by atoms with Crippen LogP contribution in [0.15, 0.2) is 24.3 Å². The number of hydrogen-bond donors (Lipinski definition) is 1. The molecule has 1 unspecified atom stereocenters. The van der Waals surface area contributed by atoms with Gasteiger partial charge < -0.3 is 15.0 Å². The van der Waals surface area contributed by atoms with Gasteiger partial charge in [0, 0.05) is 19.0 Å².